The molecule has 0 aromatic heterocycles. The minimum Gasteiger partial charge on any atom is -0.497 e. The van der Waals surface area contributed by atoms with Gasteiger partial charge in [-0.15, -0.1) is 0 Å². The van der Waals surface area contributed by atoms with Gasteiger partial charge < -0.3 is 19.7 Å². The lowest BCUT2D eigenvalue weighted by atomic mass is 10.1. The molecule has 0 heterocycles. The summed E-state index contributed by atoms with van der Waals surface area (Å²) in [4.78, 5) is 28.4. The lowest BCUT2D eigenvalue weighted by Crippen LogP contribution is -2.53. The van der Waals surface area contributed by atoms with Crippen molar-refractivity contribution < 1.29 is 27.5 Å². The molecule has 0 bridgehead atoms. The third-order valence-corrected chi connectivity index (χ3v) is 7.52. The highest BCUT2D eigenvalue weighted by atomic mass is 32.2. The molecule has 2 amide bonds. The van der Waals surface area contributed by atoms with Gasteiger partial charge in [0.25, 0.3) is 0 Å². The fourth-order valence-electron chi connectivity index (χ4n) is 4.29. The van der Waals surface area contributed by atoms with E-state index in [1.165, 1.54) is 4.90 Å². The largest absolute Gasteiger partial charge is 0.497 e. The highest BCUT2D eigenvalue weighted by molar-refractivity contribution is 7.92. The molecule has 0 aliphatic carbocycles. The van der Waals surface area contributed by atoms with Crippen LogP contribution in [0.5, 0.6) is 11.5 Å². The van der Waals surface area contributed by atoms with E-state index in [2.05, 4.69) is 5.32 Å². The predicted octanol–water partition coefficient (Wildman–Crippen LogP) is 4.37. The number of benzene rings is 3. The number of carbonyl (C=O) groups excluding carboxylic acids is 2. The van der Waals surface area contributed by atoms with Gasteiger partial charge in [0.05, 0.1) is 19.1 Å². The molecule has 0 saturated heterocycles. The summed E-state index contributed by atoms with van der Waals surface area (Å²) >= 11 is 0. The first-order chi connectivity index (χ1) is 19.5. The standard InChI is InChI=1S/C31H39N3O6S/c1-6-29(31(36)32-23(2)3)33(20-24-12-16-27(39-4)17-13-24)30(35)21-34(41(5,37)38)26-14-18-28(19-15-26)40-22-25-10-8-7-9-11-25/h7-19,23,29H,6,20-22H2,1-5H3,(H,32,36). The fraction of sp³-hybridized carbons (Fsp3) is 0.355. The van der Waals surface area contributed by atoms with Crippen LogP contribution >= 0.6 is 0 Å². The minimum absolute atomic E-state index is 0.121. The van der Waals surface area contributed by atoms with E-state index in [0.29, 0.717) is 30.2 Å². The zero-order valence-electron chi connectivity index (χ0n) is 24.2. The van der Waals surface area contributed by atoms with Crippen molar-refractivity contribution in [1.82, 2.24) is 10.2 Å². The number of anilines is 1. The van der Waals surface area contributed by atoms with Gasteiger partial charge in [0, 0.05) is 12.6 Å². The highest BCUT2D eigenvalue weighted by Crippen LogP contribution is 2.24. The number of methoxy groups -OCH3 is 1. The summed E-state index contributed by atoms with van der Waals surface area (Å²) in [6.45, 7) is 5.53. The number of rotatable bonds is 14. The van der Waals surface area contributed by atoms with Crippen LogP contribution in [-0.2, 0) is 32.8 Å². The van der Waals surface area contributed by atoms with Crippen molar-refractivity contribution in [2.45, 2.75) is 52.4 Å². The molecule has 0 aliphatic heterocycles. The molecule has 1 N–H and O–H groups in total. The van der Waals surface area contributed by atoms with Gasteiger partial charge in [0.2, 0.25) is 21.8 Å². The first-order valence-corrected chi connectivity index (χ1v) is 15.3. The van der Waals surface area contributed by atoms with E-state index in [1.807, 2.05) is 63.2 Å². The summed E-state index contributed by atoms with van der Waals surface area (Å²) in [5.74, 6) is 0.433. The van der Waals surface area contributed by atoms with Crippen molar-refractivity contribution in [2.75, 3.05) is 24.2 Å². The van der Waals surface area contributed by atoms with Crippen LogP contribution in [0.2, 0.25) is 0 Å². The number of nitrogens with one attached hydrogen (secondary N) is 1. The predicted molar refractivity (Wildman–Crippen MR) is 160 cm³/mol. The summed E-state index contributed by atoms with van der Waals surface area (Å²) in [5, 5.41) is 2.88. The molecular weight excluding hydrogens is 542 g/mol. The molecule has 1 unspecified atom stereocenters. The Kier molecular flexibility index (Phi) is 11.2. The Morgan fingerprint density at radius 2 is 1.49 bits per heavy atom. The van der Waals surface area contributed by atoms with Gasteiger partial charge in [-0.2, -0.15) is 0 Å². The second-order valence-electron chi connectivity index (χ2n) is 9.99. The number of ether oxygens (including phenoxy) is 2. The summed E-state index contributed by atoms with van der Waals surface area (Å²) in [7, 11) is -2.27. The quantitative estimate of drug-likeness (QED) is 0.303. The Bertz CT molecular complexity index is 1380. The van der Waals surface area contributed by atoms with Crippen molar-refractivity contribution in [3.05, 3.63) is 90.0 Å². The van der Waals surface area contributed by atoms with Crippen LogP contribution in [0.4, 0.5) is 5.69 Å². The van der Waals surface area contributed by atoms with Crippen molar-refractivity contribution in [1.29, 1.82) is 0 Å². The second-order valence-corrected chi connectivity index (χ2v) is 11.9. The van der Waals surface area contributed by atoms with Crippen LogP contribution in [0.1, 0.15) is 38.3 Å². The normalized spacial score (nSPS) is 12.0. The number of amides is 2. The molecule has 9 nitrogen and oxygen atoms in total. The molecule has 3 rings (SSSR count). The lowest BCUT2D eigenvalue weighted by molar-refractivity contribution is -0.140. The van der Waals surface area contributed by atoms with Gasteiger partial charge in [-0.05, 0) is 67.8 Å². The van der Waals surface area contributed by atoms with Gasteiger partial charge in [-0.25, -0.2) is 8.42 Å². The van der Waals surface area contributed by atoms with Crippen molar-refractivity contribution in [2.24, 2.45) is 0 Å². The summed E-state index contributed by atoms with van der Waals surface area (Å²) < 4.78 is 37.8. The second kappa shape index (κ2) is 14.5. The van der Waals surface area contributed by atoms with Gasteiger partial charge >= 0.3 is 0 Å². The van der Waals surface area contributed by atoms with E-state index in [-0.39, 0.29) is 18.5 Å². The van der Waals surface area contributed by atoms with E-state index < -0.39 is 28.5 Å². The Balaban J connectivity index is 1.85. The average molecular weight is 582 g/mol. The van der Waals surface area contributed by atoms with Gasteiger partial charge in [0.1, 0.15) is 30.7 Å². The smallest absolute Gasteiger partial charge is 0.244 e. The topological polar surface area (TPSA) is 105 Å². The first kappa shape index (κ1) is 31.5. The average Bonchev–Trinajstić information content (AvgIpc) is 2.95. The van der Waals surface area contributed by atoms with E-state index in [0.717, 1.165) is 21.7 Å². The zero-order chi connectivity index (χ0) is 30.0. The molecule has 3 aromatic rings. The van der Waals surface area contributed by atoms with Crippen LogP contribution in [-0.4, -0.2) is 57.1 Å². The molecular formula is C31H39N3O6S. The van der Waals surface area contributed by atoms with Crippen LogP contribution in [0.25, 0.3) is 0 Å². The molecule has 220 valence electrons. The van der Waals surface area contributed by atoms with Crippen molar-refractivity contribution in [3.63, 3.8) is 0 Å². The van der Waals surface area contributed by atoms with Crippen LogP contribution in [0.3, 0.4) is 0 Å². The third kappa shape index (κ3) is 9.24. The van der Waals surface area contributed by atoms with E-state index in [9.17, 15) is 18.0 Å². The maximum absolute atomic E-state index is 13.8. The highest BCUT2D eigenvalue weighted by Gasteiger charge is 2.32. The molecule has 3 aromatic carbocycles. The fourth-order valence-corrected chi connectivity index (χ4v) is 5.14. The number of nitrogens with zero attached hydrogens (tertiary/aromatic N) is 2. The summed E-state index contributed by atoms with van der Waals surface area (Å²) in [6.07, 6.45) is 1.41. The summed E-state index contributed by atoms with van der Waals surface area (Å²) in [5.41, 5.74) is 2.10. The maximum Gasteiger partial charge on any atom is 0.244 e. The van der Waals surface area contributed by atoms with Crippen molar-refractivity contribution >= 4 is 27.5 Å². The third-order valence-electron chi connectivity index (χ3n) is 6.38. The van der Waals surface area contributed by atoms with Gasteiger partial charge in [0.15, 0.2) is 0 Å². The van der Waals surface area contributed by atoms with Gasteiger partial charge in [-0.3, -0.25) is 13.9 Å². The molecule has 0 radical (unpaired) electrons. The van der Waals surface area contributed by atoms with E-state index >= 15 is 0 Å². The molecule has 0 saturated carbocycles. The molecule has 0 aliphatic rings. The van der Waals surface area contributed by atoms with Gasteiger partial charge in [-0.1, -0.05) is 49.4 Å². The maximum atomic E-state index is 13.8. The summed E-state index contributed by atoms with van der Waals surface area (Å²) in [6, 6.07) is 22.5. The van der Waals surface area contributed by atoms with E-state index in [1.54, 1.807) is 43.5 Å². The Labute approximate surface area is 243 Å². The first-order valence-electron chi connectivity index (χ1n) is 13.5. The lowest BCUT2D eigenvalue weighted by Gasteiger charge is -2.33. The monoisotopic (exact) mass is 581 g/mol. The molecule has 1 atom stereocenters. The number of hydrogen-bond donors (Lipinski definition) is 1. The van der Waals surface area contributed by atoms with E-state index in [4.69, 9.17) is 9.47 Å². The molecule has 0 spiro atoms. The number of carbonyl (C=O) groups is 2. The molecule has 41 heavy (non-hydrogen) atoms. The zero-order valence-corrected chi connectivity index (χ0v) is 25.1. The van der Waals surface area contributed by atoms with Crippen LogP contribution in [0, 0.1) is 0 Å². The van der Waals surface area contributed by atoms with Crippen molar-refractivity contribution in [3.8, 4) is 11.5 Å². The molecule has 10 heteroatoms. The van der Waals surface area contributed by atoms with Crippen LogP contribution < -0.4 is 19.1 Å². The Hall–Kier alpha value is -4.05. The number of hydrogen-bond acceptors (Lipinski definition) is 6. The SMILES string of the molecule is CCC(C(=O)NC(C)C)N(Cc1ccc(OC)cc1)C(=O)CN(c1ccc(OCc2ccccc2)cc1)S(C)(=O)=O. The number of sulfonamides is 1. The Morgan fingerprint density at radius 1 is 0.878 bits per heavy atom. The van der Waals surface area contributed by atoms with Crippen LogP contribution in [0.15, 0.2) is 78.9 Å². The molecule has 0 fully saturated rings. The minimum atomic E-state index is -3.84. The Morgan fingerprint density at radius 3 is 2.02 bits per heavy atom.